The number of nitrogens with two attached hydrogens (primary N) is 1. The molecule has 1 aromatic heterocycles. The molecule has 0 unspecified atom stereocenters. The molecule has 0 aromatic carbocycles. The summed E-state index contributed by atoms with van der Waals surface area (Å²) in [6.45, 7) is 2.15. The van der Waals surface area contributed by atoms with Crippen molar-refractivity contribution in [2.45, 2.75) is 25.8 Å². The van der Waals surface area contributed by atoms with Crippen LogP contribution in [-0.2, 0) is 0 Å². The minimum absolute atomic E-state index is 0.219. The van der Waals surface area contributed by atoms with Gasteiger partial charge in [0.2, 0.25) is 0 Å². The smallest absolute Gasteiger partial charge is 0.0309 e. The fourth-order valence-corrected chi connectivity index (χ4v) is 1.05. The summed E-state index contributed by atoms with van der Waals surface area (Å²) in [6.07, 6.45) is 6.08. The van der Waals surface area contributed by atoms with Crippen LogP contribution in [0.4, 0.5) is 0 Å². The lowest BCUT2D eigenvalue weighted by Gasteiger charge is -2.05. The number of hydrogen-bond acceptors (Lipinski definition) is 1. The maximum Gasteiger partial charge on any atom is 0.0309 e. The van der Waals surface area contributed by atoms with Crippen molar-refractivity contribution < 1.29 is 0 Å². The van der Waals surface area contributed by atoms with Gasteiger partial charge in [-0.15, -0.1) is 0 Å². The van der Waals surface area contributed by atoms with E-state index in [1.807, 2.05) is 18.5 Å². The molecule has 10 heavy (non-hydrogen) atoms. The van der Waals surface area contributed by atoms with Gasteiger partial charge in [0.1, 0.15) is 0 Å². The Bertz CT molecular complexity index is 167. The van der Waals surface area contributed by atoms with Crippen molar-refractivity contribution >= 4 is 0 Å². The first-order valence-corrected chi connectivity index (χ1v) is 3.73. The maximum atomic E-state index is 5.83. The molecule has 0 fully saturated rings. The zero-order valence-corrected chi connectivity index (χ0v) is 6.30. The maximum absolute atomic E-state index is 5.83. The Hall–Kier alpha value is -0.760. The molecule has 1 atom stereocenters. The molecule has 1 heterocycles. The van der Waals surface area contributed by atoms with Crippen LogP contribution in [0.15, 0.2) is 18.5 Å². The van der Waals surface area contributed by atoms with E-state index in [2.05, 4.69) is 11.9 Å². The summed E-state index contributed by atoms with van der Waals surface area (Å²) in [5, 5.41) is 0. The van der Waals surface area contributed by atoms with Gasteiger partial charge in [-0.1, -0.05) is 13.3 Å². The first-order chi connectivity index (χ1) is 4.84. The van der Waals surface area contributed by atoms with E-state index in [0.29, 0.717) is 0 Å². The predicted octanol–water partition coefficient (Wildman–Crippen LogP) is 1.81. The Morgan fingerprint density at radius 1 is 1.70 bits per heavy atom. The van der Waals surface area contributed by atoms with E-state index in [1.54, 1.807) is 0 Å². The third kappa shape index (κ3) is 1.61. The Kier molecular flexibility index (Phi) is 2.51. The molecule has 3 N–H and O–H groups in total. The Balaban J connectivity index is 2.50. The molecule has 56 valence electrons. The SMILES string of the molecule is CCC[C@@H](N)c1cc[nH]c1. The van der Waals surface area contributed by atoms with Crippen molar-refractivity contribution in [1.29, 1.82) is 0 Å². The normalized spacial score (nSPS) is 13.4. The molecular formula is C8H14N2. The van der Waals surface area contributed by atoms with Crippen molar-refractivity contribution in [3.05, 3.63) is 24.0 Å². The molecule has 1 rings (SSSR count). The summed E-state index contributed by atoms with van der Waals surface area (Å²) >= 11 is 0. The summed E-state index contributed by atoms with van der Waals surface area (Å²) in [5.41, 5.74) is 7.04. The van der Waals surface area contributed by atoms with Gasteiger partial charge >= 0.3 is 0 Å². The van der Waals surface area contributed by atoms with Gasteiger partial charge in [0.05, 0.1) is 0 Å². The highest BCUT2D eigenvalue weighted by molar-refractivity contribution is 5.12. The second kappa shape index (κ2) is 3.42. The van der Waals surface area contributed by atoms with Crippen molar-refractivity contribution in [2.75, 3.05) is 0 Å². The topological polar surface area (TPSA) is 41.8 Å². The van der Waals surface area contributed by atoms with Crippen LogP contribution in [0, 0.1) is 0 Å². The van der Waals surface area contributed by atoms with Gasteiger partial charge in [-0.05, 0) is 18.1 Å². The van der Waals surface area contributed by atoms with Gasteiger partial charge in [-0.3, -0.25) is 0 Å². The molecule has 2 nitrogen and oxygen atoms in total. The Morgan fingerprint density at radius 2 is 2.50 bits per heavy atom. The number of nitrogens with one attached hydrogen (secondary N) is 1. The molecule has 0 radical (unpaired) electrons. The molecule has 1 aromatic rings. The number of aromatic nitrogens is 1. The van der Waals surface area contributed by atoms with Crippen molar-refractivity contribution in [3.63, 3.8) is 0 Å². The largest absolute Gasteiger partial charge is 0.367 e. The first kappa shape index (κ1) is 7.35. The third-order valence-corrected chi connectivity index (χ3v) is 1.65. The standard InChI is InChI=1S/C8H14N2/c1-2-3-8(9)7-4-5-10-6-7/h4-6,8,10H,2-3,9H2,1H3/t8-/m1/s1. The summed E-state index contributed by atoms with van der Waals surface area (Å²) in [7, 11) is 0. The molecular weight excluding hydrogens is 124 g/mol. The van der Waals surface area contributed by atoms with Crippen LogP contribution in [-0.4, -0.2) is 4.98 Å². The van der Waals surface area contributed by atoms with Crippen LogP contribution in [0.3, 0.4) is 0 Å². The lowest BCUT2D eigenvalue weighted by molar-refractivity contribution is 0.639. The minimum atomic E-state index is 0.219. The summed E-state index contributed by atoms with van der Waals surface area (Å²) in [4.78, 5) is 2.99. The highest BCUT2D eigenvalue weighted by Crippen LogP contribution is 2.13. The van der Waals surface area contributed by atoms with E-state index in [1.165, 1.54) is 5.56 Å². The number of hydrogen-bond donors (Lipinski definition) is 2. The molecule has 0 saturated heterocycles. The summed E-state index contributed by atoms with van der Waals surface area (Å²) < 4.78 is 0. The van der Waals surface area contributed by atoms with E-state index in [9.17, 15) is 0 Å². The van der Waals surface area contributed by atoms with E-state index >= 15 is 0 Å². The fraction of sp³-hybridized carbons (Fsp3) is 0.500. The Labute approximate surface area is 61.4 Å². The van der Waals surface area contributed by atoms with E-state index in [-0.39, 0.29) is 6.04 Å². The van der Waals surface area contributed by atoms with E-state index in [0.717, 1.165) is 12.8 Å². The summed E-state index contributed by atoms with van der Waals surface area (Å²) in [5.74, 6) is 0. The van der Waals surface area contributed by atoms with E-state index in [4.69, 9.17) is 5.73 Å². The average molecular weight is 138 g/mol. The van der Waals surface area contributed by atoms with Crippen LogP contribution >= 0.6 is 0 Å². The van der Waals surface area contributed by atoms with Crippen LogP contribution in [0.1, 0.15) is 31.4 Å². The fourth-order valence-electron chi connectivity index (χ4n) is 1.05. The van der Waals surface area contributed by atoms with Crippen LogP contribution in [0.25, 0.3) is 0 Å². The first-order valence-electron chi connectivity index (χ1n) is 3.73. The zero-order valence-electron chi connectivity index (χ0n) is 6.30. The molecule has 0 bridgehead atoms. The van der Waals surface area contributed by atoms with Gasteiger partial charge in [0.15, 0.2) is 0 Å². The van der Waals surface area contributed by atoms with Crippen molar-refractivity contribution in [3.8, 4) is 0 Å². The van der Waals surface area contributed by atoms with Gasteiger partial charge in [-0.25, -0.2) is 0 Å². The average Bonchev–Trinajstić information content (AvgIpc) is 2.38. The van der Waals surface area contributed by atoms with E-state index < -0.39 is 0 Å². The minimum Gasteiger partial charge on any atom is -0.367 e. The van der Waals surface area contributed by atoms with Gasteiger partial charge in [-0.2, -0.15) is 0 Å². The number of aromatic amines is 1. The Morgan fingerprint density at radius 3 is 3.00 bits per heavy atom. The zero-order chi connectivity index (χ0) is 7.40. The van der Waals surface area contributed by atoms with Crippen LogP contribution < -0.4 is 5.73 Å². The summed E-state index contributed by atoms with van der Waals surface area (Å²) in [6, 6.07) is 2.25. The third-order valence-electron chi connectivity index (χ3n) is 1.65. The monoisotopic (exact) mass is 138 g/mol. The number of H-pyrrole nitrogens is 1. The van der Waals surface area contributed by atoms with Crippen molar-refractivity contribution in [1.82, 2.24) is 4.98 Å². The van der Waals surface area contributed by atoms with Gasteiger partial charge in [0.25, 0.3) is 0 Å². The molecule has 0 spiro atoms. The highest BCUT2D eigenvalue weighted by atomic mass is 14.7. The van der Waals surface area contributed by atoms with Gasteiger partial charge < -0.3 is 10.7 Å². The van der Waals surface area contributed by atoms with Gasteiger partial charge in [0, 0.05) is 18.4 Å². The molecule has 0 amide bonds. The molecule has 0 saturated carbocycles. The molecule has 0 aliphatic carbocycles. The second-order valence-corrected chi connectivity index (χ2v) is 2.54. The molecule has 0 aliphatic rings. The second-order valence-electron chi connectivity index (χ2n) is 2.54. The highest BCUT2D eigenvalue weighted by Gasteiger charge is 2.02. The van der Waals surface area contributed by atoms with Crippen molar-refractivity contribution in [2.24, 2.45) is 5.73 Å². The molecule has 0 aliphatic heterocycles. The van der Waals surface area contributed by atoms with Crippen LogP contribution in [0.5, 0.6) is 0 Å². The lowest BCUT2D eigenvalue weighted by Crippen LogP contribution is -2.08. The molecule has 2 heteroatoms. The lowest BCUT2D eigenvalue weighted by atomic mass is 10.1. The predicted molar refractivity (Wildman–Crippen MR) is 42.6 cm³/mol. The quantitative estimate of drug-likeness (QED) is 0.657. The van der Waals surface area contributed by atoms with Crippen LogP contribution in [0.2, 0.25) is 0 Å². The number of rotatable bonds is 3.